The summed E-state index contributed by atoms with van der Waals surface area (Å²) in [6, 6.07) is 10.5. The summed E-state index contributed by atoms with van der Waals surface area (Å²) >= 11 is 1.77. The molecule has 0 unspecified atom stereocenters. The molecule has 1 aromatic carbocycles. The van der Waals surface area contributed by atoms with E-state index in [1.807, 2.05) is 12.3 Å². The van der Waals surface area contributed by atoms with Gasteiger partial charge in [-0.05, 0) is 48.9 Å². The quantitative estimate of drug-likeness (QED) is 0.502. The average Bonchev–Trinajstić information content (AvgIpc) is 2.57. The van der Waals surface area contributed by atoms with Gasteiger partial charge in [0.25, 0.3) is 0 Å². The Balaban J connectivity index is 1.94. The van der Waals surface area contributed by atoms with Crippen molar-refractivity contribution in [2.24, 2.45) is 4.99 Å². The highest BCUT2D eigenvalue weighted by Crippen LogP contribution is 2.21. The summed E-state index contributed by atoms with van der Waals surface area (Å²) < 4.78 is 0. The van der Waals surface area contributed by atoms with Crippen LogP contribution in [0.2, 0.25) is 0 Å². The maximum Gasteiger partial charge on any atom is 0.191 e. The van der Waals surface area contributed by atoms with E-state index in [-0.39, 0.29) is 0 Å². The second-order valence-electron chi connectivity index (χ2n) is 5.36. The van der Waals surface area contributed by atoms with E-state index in [0.29, 0.717) is 6.54 Å². The summed E-state index contributed by atoms with van der Waals surface area (Å²) in [7, 11) is 1.78. The molecule has 0 amide bonds. The number of guanidine groups is 1. The molecular weight excluding hydrogens is 304 g/mol. The van der Waals surface area contributed by atoms with Crippen molar-refractivity contribution in [2.75, 3.05) is 13.3 Å². The van der Waals surface area contributed by atoms with Crippen LogP contribution in [0.3, 0.4) is 0 Å². The fourth-order valence-electron chi connectivity index (χ4n) is 2.27. The molecule has 2 N–H and O–H groups in total. The Hall–Kier alpha value is -2.01. The number of nitrogens with one attached hydrogen (secondary N) is 2. The third kappa shape index (κ3) is 4.99. The molecule has 5 heteroatoms. The Labute approximate surface area is 142 Å². The molecule has 0 bridgehead atoms. The molecule has 4 nitrogen and oxygen atoms in total. The smallest absolute Gasteiger partial charge is 0.191 e. The van der Waals surface area contributed by atoms with Gasteiger partial charge in [0.1, 0.15) is 0 Å². The van der Waals surface area contributed by atoms with Crippen molar-refractivity contribution in [2.45, 2.75) is 31.8 Å². The Kier molecular flexibility index (Phi) is 6.47. The number of pyridine rings is 1. The number of benzene rings is 1. The molecule has 1 heterocycles. The molecule has 0 saturated heterocycles. The second kappa shape index (κ2) is 8.58. The van der Waals surface area contributed by atoms with Crippen molar-refractivity contribution < 1.29 is 0 Å². The number of hydrogen-bond donors (Lipinski definition) is 2. The van der Waals surface area contributed by atoms with Crippen LogP contribution in [0.15, 0.2) is 46.4 Å². The van der Waals surface area contributed by atoms with Crippen molar-refractivity contribution in [1.82, 2.24) is 15.6 Å². The number of hydrogen-bond acceptors (Lipinski definition) is 3. The zero-order valence-electron chi connectivity index (χ0n) is 14.2. The highest BCUT2D eigenvalue weighted by atomic mass is 32.2. The van der Waals surface area contributed by atoms with E-state index >= 15 is 0 Å². The first kappa shape index (κ1) is 17.3. The lowest BCUT2D eigenvalue weighted by Gasteiger charge is -2.14. The molecule has 0 aliphatic carbocycles. The minimum absolute atomic E-state index is 0.662. The average molecular weight is 328 g/mol. The number of aromatic nitrogens is 1. The molecule has 2 rings (SSSR count). The largest absolute Gasteiger partial charge is 0.352 e. The Bertz CT molecular complexity index is 682. The first-order valence-corrected chi connectivity index (χ1v) is 8.85. The highest BCUT2D eigenvalue weighted by Gasteiger charge is 2.05. The molecule has 0 fully saturated rings. The van der Waals surface area contributed by atoms with E-state index in [2.05, 4.69) is 65.0 Å². The fourth-order valence-corrected chi connectivity index (χ4v) is 2.97. The van der Waals surface area contributed by atoms with Crippen LogP contribution < -0.4 is 10.6 Å². The van der Waals surface area contributed by atoms with Gasteiger partial charge in [0.15, 0.2) is 5.96 Å². The lowest BCUT2D eigenvalue weighted by atomic mass is 10.1. The van der Waals surface area contributed by atoms with Gasteiger partial charge in [-0.1, -0.05) is 18.2 Å². The van der Waals surface area contributed by atoms with Gasteiger partial charge < -0.3 is 10.6 Å². The first-order chi connectivity index (χ1) is 11.1. The minimum atomic E-state index is 0.662. The standard InChI is InChI=1S/C18H24N4S/c1-13-7-8-15(17(10-13)23-4)11-21-18(19-3)22-12-16-14(2)6-5-9-20-16/h5-10H,11-12H2,1-4H3,(H2,19,21,22). The summed E-state index contributed by atoms with van der Waals surface area (Å²) in [5.41, 5.74) is 4.78. The van der Waals surface area contributed by atoms with E-state index in [1.165, 1.54) is 21.6 Å². The lowest BCUT2D eigenvalue weighted by Crippen LogP contribution is -2.36. The van der Waals surface area contributed by atoms with Crippen molar-refractivity contribution in [3.63, 3.8) is 0 Å². The highest BCUT2D eigenvalue weighted by molar-refractivity contribution is 7.98. The van der Waals surface area contributed by atoms with Gasteiger partial charge in [-0.25, -0.2) is 0 Å². The van der Waals surface area contributed by atoms with E-state index in [1.54, 1.807) is 18.8 Å². The van der Waals surface area contributed by atoms with E-state index in [0.717, 1.165) is 18.2 Å². The summed E-state index contributed by atoms with van der Waals surface area (Å²) in [6.45, 7) is 5.59. The van der Waals surface area contributed by atoms with Crippen molar-refractivity contribution in [1.29, 1.82) is 0 Å². The molecule has 122 valence electrons. The van der Waals surface area contributed by atoms with Crippen molar-refractivity contribution in [3.8, 4) is 0 Å². The fraction of sp³-hybridized carbons (Fsp3) is 0.333. The van der Waals surface area contributed by atoms with Gasteiger partial charge in [-0.15, -0.1) is 11.8 Å². The van der Waals surface area contributed by atoms with Gasteiger partial charge in [-0.2, -0.15) is 0 Å². The summed E-state index contributed by atoms with van der Waals surface area (Å²) in [6.07, 6.45) is 3.92. The molecule has 23 heavy (non-hydrogen) atoms. The third-order valence-corrected chi connectivity index (χ3v) is 4.47. The maximum absolute atomic E-state index is 4.39. The van der Waals surface area contributed by atoms with Crippen LogP contribution in [-0.4, -0.2) is 24.2 Å². The van der Waals surface area contributed by atoms with Crippen LogP contribution >= 0.6 is 11.8 Å². The van der Waals surface area contributed by atoms with Gasteiger partial charge in [0.05, 0.1) is 12.2 Å². The number of rotatable bonds is 5. The Morgan fingerprint density at radius 2 is 1.96 bits per heavy atom. The van der Waals surface area contributed by atoms with Crippen LogP contribution in [0.1, 0.15) is 22.4 Å². The SMILES string of the molecule is CN=C(NCc1ccc(C)cc1SC)NCc1ncccc1C. The van der Waals surface area contributed by atoms with Crippen molar-refractivity contribution in [3.05, 3.63) is 58.9 Å². The molecule has 0 saturated carbocycles. The van der Waals surface area contributed by atoms with E-state index in [9.17, 15) is 0 Å². The molecule has 0 radical (unpaired) electrons. The van der Waals surface area contributed by atoms with Gasteiger partial charge in [0, 0.05) is 24.7 Å². The van der Waals surface area contributed by atoms with Crippen LogP contribution in [0.25, 0.3) is 0 Å². The summed E-state index contributed by atoms with van der Waals surface area (Å²) in [4.78, 5) is 9.97. The van der Waals surface area contributed by atoms with Crippen LogP contribution in [-0.2, 0) is 13.1 Å². The van der Waals surface area contributed by atoms with Crippen molar-refractivity contribution >= 4 is 17.7 Å². The lowest BCUT2D eigenvalue weighted by molar-refractivity contribution is 0.784. The molecular formula is C18H24N4S. The number of thioether (sulfide) groups is 1. The van der Waals surface area contributed by atoms with Crippen LogP contribution in [0.4, 0.5) is 0 Å². The summed E-state index contributed by atoms with van der Waals surface area (Å²) in [5, 5.41) is 6.68. The maximum atomic E-state index is 4.39. The van der Waals surface area contributed by atoms with Gasteiger partial charge in [-0.3, -0.25) is 9.98 Å². The molecule has 2 aromatic rings. The molecule has 0 aliphatic rings. The van der Waals surface area contributed by atoms with Crippen LogP contribution in [0.5, 0.6) is 0 Å². The number of aryl methyl sites for hydroxylation is 2. The first-order valence-electron chi connectivity index (χ1n) is 7.62. The molecule has 1 aromatic heterocycles. The second-order valence-corrected chi connectivity index (χ2v) is 6.21. The van der Waals surface area contributed by atoms with E-state index < -0.39 is 0 Å². The third-order valence-electron chi connectivity index (χ3n) is 3.65. The topological polar surface area (TPSA) is 49.3 Å². The molecule has 0 atom stereocenters. The molecule has 0 spiro atoms. The predicted octanol–water partition coefficient (Wildman–Crippen LogP) is 3.29. The zero-order valence-corrected chi connectivity index (χ0v) is 15.0. The number of nitrogens with zero attached hydrogens (tertiary/aromatic N) is 2. The Morgan fingerprint density at radius 1 is 1.17 bits per heavy atom. The van der Waals surface area contributed by atoms with E-state index in [4.69, 9.17) is 0 Å². The normalized spacial score (nSPS) is 11.4. The van der Waals surface area contributed by atoms with Gasteiger partial charge >= 0.3 is 0 Å². The van der Waals surface area contributed by atoms with Crippen LogP contribution in [0, 0.1) is 13.8 Å². The molecule has 0 aliphatic heterocycles. The minimum Gasteiger partial charge on any atom is -0.352 e. The zero-order chi connectivity index (χ0) is 16.7. The number of aliphatic imine (C=N–C) groups is 1. The monoisotopic (exact) mass is 328 g/mol. The predicted molar refractivity (Wildman–Crippen MR) is 99.0 cm³/mol. The summed E-state index contributed by atoms with van der Waals surface area (Å²) in [5.74, 6) is 0.780. The Morgan fingerprint density at radius 3 is 2.65 bits per heavy atom. The van der Waals surface area contributed by atoms with Gasteiger partial charge in [0.2, 0.25) is 0 Å².